The molecule has 0 spiro atoms. The van der Waals surface area contributed by atoms with Gasteiger partial charge in [0, 0.05) is 18.1 Å². The molecule has 0 heterocycles. The normalized spacial score (nSPS) is 11.6. The zero-order valence-electron chi connectivity index (χ0n) is 16.3. The maximum atomic E-state index is 13.2. The van der Waals surface area contributed by atoms with E-state index in [1.807, 2.05) is 13.8 Å². The molecule has 2 aromatic carbocycles. The first-order valence-electron chi connectivity index (χ1n) is 9.25. The third kappa shape index (κ3) is 6.72. The first kappa shape index (κ1) is 23.2. The molecule has 29 heavy (non-hydrogen) atoms. The molecule has 0 radical (unpaired) electrons. The quantitative estimate of drug-likeness (QED) is 0.566. The van der Waals surface area contributed by atoms with Crippen LogP contribution in [0.5, 0.6) is 5.75 Å². The fourth-order valence-electron chi connectivity index (χ4n) is 2.81. The number of carbonyl (C=O) groups is 2. The molecule has 0 saturated carbocycles. The van der Waals surface area contributed by atoms with Gasteiger partial charge < -0.3 is 15.0 Å². The Morgan fingerprint density at radius 2 is 1.90 bits per heavy atom. The van der Waals surface area contributed by atoms with Crippen molar-refractivity contribution < 1.29 is 18.7 Å². The average Bonchev–Trinajstić information content (AvgIpc) is 2.68. The van der Waals surface area contributed by atoms with E-state index in [9.17, 15) is 14.0 Å². The fraction of sp³-hybridized carbons (Fsp3) is 0.333. The molecule has 5 nitrogen and oxygen atoms in total. The number of ether oxygens (including phenoxy) is 1. The second kappa shape index (κ2) is 11.2. The van der Waals surface area contributed by atoms with Gasteiger partial charge in [0.05, 0.1) is 4.47 Å². The lowest BCUT2D eigenvalue weighted by molar-refractivity contribution is -0.142. The molecular formula is C21H23BrClFN2O3. The van der Waals surface area contributed by atoms with E-state index in [0.29, 0.717) is 28.2 Å². The maximum Gasteiger partial charge on any atom is 0.261 e. The third-order valence-corrected chi connectivity index (χ3v) is 5.10. The van der Waals surface area contributed by atoms with E-state index < -0.39 is 6.04 Å². The minimum atomic E-state index is -0.662. The van der Waals surface area contributed by atoms with Crippen LogP contribution in [-0.2, 0) is 16.1 Å². The van der Waals surface area contributed by atoms with Gasteiger partial charge in [0.2, 0.25) is 5.91 Å². The highest BCUT2D eigenvalue weighted by atomic mass is 79.9. The number of rotatable bonds is 9. The summed E-state index contributed by atoms with van der Waals surface area (Å²) in [5, 5.41) is 3.30. The van der Waals surface area contributed by atoms with Gasteiger partial charge >= 0.3 is 0 Å². The third-order valence-electron chi connectivity index (χ3n) is 4.25. The Balaban J connectivity index is 2.20. The lowest BCUT2D eigenvalue weighted by Crippen LogP contribution is -2.50. The first-order valence-corrected chi connectivity index (χ1v) is 10.4. The number of amides is 2. The molecule has 1 N–H and O–H groups in total. The highest BCUT2D eigenvalue weighted by Gasteiger charge is 2.28. The van der Waals surface area contributed by atoms with E-state index >= 15 is 0 Å². The van der Waals surface area contributed by atoms with Crippen LogP contribution >= 0.6 is 27.5 Å². The van der Waals surface area contributed by atoms with Gasteiger partial charge in [-0.05, 0) is 65.2 Å². The van der Waals surface area contributed by atoms with Gasteiger partial charge in [-0.15, -0.1) is 0 Å². The van der Waals surface area contributed by atoms with Gasteiger partial charge in [-0.2, -0.15) is 0 Å². The Morgan fingerprint density at radius 3 is 2.48 bits per heavy atom. The van der Waals surface area contributed by atoms with Gasteiger partial charge in [-0.25, -0.2) is 4.39 Å². The molecule has 8 heteroatoms. The zero-order valence-corrected chi connectivity index (χ0v) is 18.6. The summed E-state index contributed by atoms with van der Waals surface area (Å²) in [6, 6.07) is 10.2. The molecule has 0 fully saturated rings. The number of carbonyl (C=O) groups excluding carboxylic acids is 2. The van der Waals surface area contributed by atoms with Crippen molar-refractivity contribution in [3.8, 4) is 5.75 Å². The van der Waals surface area contributed by atoms with Crippen molar-refractivity contribution in [1.29, 1.82) is 0 Å². The predicted molar refractivity (Wildman–Crippen MR) is 114 cm³/mol. The number of likely N-dealkylation sites (N-methyl/N-ethyl adjacent to an activating group) is 1. The molecule has 0 unspecified atom stereocenters. The Morgan fingerprint density at radius 1 is 1.21 bits per heavy atom. The number of nitrogens with one attached hydrogen (secondary N) is 1. The van der Waals surface area contributed by atoms with Crippen molar-refractivity contribution in [3.63, 3.8) is 0 Å². The van der Waals surface area contributed by atoms with Crippen LogP contribution in [0.25, 0.3) is 0 Å². The molecule has 2 aromatic rings. The smallest absolute Gasteiger partial charge is 0.261 e. The summed E-state index contributed by atoms with van der Waals surface area (Å²) in [6.07, 6.45) is 0.434. The summed E-state index contributed by atoms with van der Waals surface area (Å²) >= 11 is 9.27. The van der Waals surface area contributed by atoms with E-state index in [2.05, 4.69) is 21.2 Å². The molecule has 156 valence electrons. The van der Waals surface area contributed by atoms with Crippen molar-refractivity contribution in [2.24, 2.45) is 0 Å². The Kier molecular flexibility index (Phi) is 8.92. The molecule has 2 amide bonds. The molecule has 0 bridgehead atoms. The topological polar surface area (TPSA) is 58.6 Å². The van der Waals surface area contributed by atoms with Gasteiger partial charge in [-0.1, -0.05) is 30.7 Å². The van der Waals surface area contributed by atoms with E-state index in [4.69, 9.17) is 16.3 Å². The average molecular weight is 486 g/mol. The Labute approximate surface area is 183 Å². The highest BCUT2D eigenvalue weighted by molar-refractivity contribution is 9.10. The van der Waals surface area contributed by atoms with Gasteiger partial charge in [-0.3, -0.25) is 9.59 Å². The summed E-state index contributed by atoms with van der Waals surface area (Å²) in [5.74, 6) is -0.485. The monoisotopic (exact) mass is 484 g/mol. The van der Waals surface area contributed by atoms with Crippen LogP contribution in [-0.4, -0.2) is 35.9 Å². The Hall–Kier alpha value is -2.12. The number of halogens is 3. The van der Waals surface area contributed by atoms with E-state index in [0.717, 1.165) is 5.56 Å². The summed E-state index contributed by atoms with van der Waals surface area (Å²) < 4.78 is 19.5. The van der Waals surface area contributed by atoms with Gasteiger partial charge in [0.25, 0.3) is 5.91 Å². The lowest BCUT2D eigenvalue weighted by Gasteiger charge is -2.30. The lowest BCUT2D eigenvalue weighted by atomic mass is 10.1. The van der Waals surface area contributed by atoms with Crippen LogP contribution in [0.15, 0.2) is 46.9 Å². The van der Waals surface area contributed by atoms with Crippen molar-refractivity contribution in [3.05, 3.63) is 63.3 Å². The summed E-state index contributed by atoms with van der Waals surface area (Å²) in [4.78, 5) is 26.9. The van der Waals surface area contributed by atoms with Crippen LogP contribution in [0.2, 0.25) is 5.02 Å². The minimum Gasteiger partial charge on any atom is -0.483 e. The summed E-state index contributed by atoms with van der Waals surface area (Å²) in [6.45, 7) is 4.03. The first-order chi connectivity index (χ1) is 13.8. The second-order valence-electron chi connectivity index (χ2n) is 6.33. The van der Waals surface area contributed by atoms with Crippen LogP contribution in [0.4, 0.5) is 4.39 Å². The maximum absolute atomic E-state index is 13.2. The number of nitrogens with zero attached hydrogens (tertiary/aromatic N) is 1. The van der Waals surface area contributed by atoms with Crippen LogP contribution < -0.4 is 10.1 Å². The predicted octanol–water partition coefficient (Wildman–Crippen LogP) is 4.56. The van der Waals surface area contributed by atoms with Crippen LogP contribution in [0.1, 0.15) is 25.8 Å². The zero-order chi connectivity index (χ0) is 21.4. The summed E-state index contributed by atoms with van der Waals surface area (Å²) in [7, 11) is 0. The minimum absolute atomic E-state index is 0.167. The Bertz CT molecular complexity index is 848. The van der Waals surface area contributed by atoms with Gasteiger partial charge in [0.1, 0.15) is 17.6 Å². The van der Waals surface area contributed by atoms with E-state index in [1.54, 1.807) is 30.3 Å². The summed E-state index contributed by atoms with van der Waals surface area (Å²) in [5.41, 5.74) is 0.718. The molecular weight excluding hydrogens is 463 g/mol. The standard InChI is InChI=1S/C21H23BrClFN2O3/c1-3-18(21(28)25-4-2)26(12-14-5-8-16(24)9-6-14)20(27)13-29-19-10-7-15(23)11-17(19)22/h5-11,18H,3-4,12-13H2,1-2H3,(H,25,28)/t18-/m1/s1. The molecule has 0 aliphatic heterocycles. The van der Waals surface area contributed by atoms with E-state index in [-0.39, 0.29) is 30.8 Å². The largest absolute Gasteiger partial charge is 0.483 e. The van der Waals surface area contributed by atoms with E-state index in [1.165, 1.54) is 17.0 Å². The van der Waals surface area contributed by atoms with Crippen LogP contribution in [0.3, 0.4) is 0 Å². The molecule has 0 aromatic heterocycles. The second-order valence-corrected chi connectivity index (χ2v) is 7.62. The number of hydrogen-bond donors (Lipinski definition) is 1. The molecule has 1 atom stereocenters. The molecule has 2 rings (SSSR count). The molecule has 0 saturated heterocycles. The van der Waals surface area contributed by atoms with Crippen molar-refractivity contribution in [2.75, 3.05) is 13.2 Å². The van der Waals surface area contributed by atoms with Crippen molar-refractivity contribution in [2.45, 2.75) is 32.9 Å². The number of benzene rings is 2. The molecule has 0 aliphatic rings. The fourth-order valence-corrected chi connectivity index (χ4v) is 3.61. The number of hydrogen-bond acceptors (Lipinski definition) is 3. The van der Waals surface area contributed by atoms with Crippen LogP contribution in [0, 0.1) is 5.82 Å². The van der Waals surface area contributed by atoms with Crippen molar-refractivity contribution in [1.82, 2.24) is 10.2 Å². The molecule has 0 aliphatic carbocycles. The van der Waals surface area contributed by atoms with Gasteiger partial charge in [0.15, 0.2) is 6.61 Å². The SMILES string of the molecule is CCNC(=O)[C@@H](CC)N(Cc1ccc(F)cc1)C(=O)COc1ccc(Cl)cc1Br. The highest BCUT2D eigenvalue weighted by Crippen LogP contribution is 2.28. The van der Waals surface area contributed by atoms with Crippen molar-refractivity contribution >= 4 is 39.3 Å².